The van der Waals surface area contributed by atoms with Gasteiger partial charge in [-0.1, -0.05) is 48.5 Å². The summed E-state index contributed by atoms with van der Waals surface area (Å²) in [6.07, 6.45) is 0. The molecule has 0 aliphatic heterocycles. The summed E-state index contributed by atoms with van der Waals surface area (Å²) < 4.78 is 73.5. The van der Waals surface area contributed by atoms with Crippen molar-refractivity contribution in [2.24, 2.45) is 0 Å². The monoisotopic (exact) mass is 889 g/mol. The highest BCUT2D eigenvalue weighted by molar-refractivity contribution is 14.1. The van der Waals surface area contributed by atoms with Gasteiger partial charge in [0.1, 0.15) is 0 Å². The molecule has 7 nitrogen and oxygen atoms in total. The van der Waals surface area contributed by atoms with E-state index >= 15 is 0 Å². The average molecular weight is 889 g/mol. The van der Waals surface area contributed by atoms with Crippen LogP contribution in [0.5, 0.6) is 5.75 Å². The molecule has 39 heavy (non-hydrogen) atoms. The summed E-state index contributed by atoms with van der Waals surface area (Å²) in [6.45, 7) is -1.99. The van der Waals surface area contributed by atoms with Gasteiger partial charge in [0, 0.05) is 15.4 Å². The van der Waals surface area contributed by atoms with Crippen LogP contribution in [0.4, 0.5) is 8.78 Å². The first-order valence-corrected chi connectivity index (χ1v) is 15.7. The molecular formula is C26H14F2I3O7S-. The maximum atomic E-state index is 13.9. The second-order valence-corrected chi connectivity index (χ2v) is 13.8. The van der Waals surface area contributed by atoms with Crippen LogP contribution in [-0.2, 0) is 24.4 Å². The van der Waals surface area contributed by atoms with Gasteiger partial charge >= 0.3 is 17.2 Å². The van der Waals surface area contributed by atoms with Gasteiger partial charge in [0.2, 0.25) is 0 Å². The Bertz CT molecular complexity index is 1620. The topological polar surface area (TPSA) is 110 Å². The second kappa shape index (κ2) is 10.6. The fourth-order valence-electron chi connectivity index (χ4n) is 4.87. The van der Waals surface area contributed by atoms with Crippen LogP contribution in [0.1, 0.15) is 34.1 Å². The molecule has 3 aromatic rings. The van der Waals surface area contributed by atoms with E-state index in [1.54, 1.807) is 48.5 Å². The molecule has 0 heterocycles. The number of rotatable bonds is 6. The van der Waals surface area contributed by atoms with Gasteiger partial charge in [-0.15, -0.1) is 0 Å². The van der Waals surface area contributed by atoms with Crippen molar-refractivity contribution in [1.82, 2.24) is 0 Å². The van der Waals surface area contributed by atoms with Gasteiger partial charge < -0.3 is 14.0 Å². The van der Waals surface area contributed by atoms with Crippen LogP contribution < -0.4 is 4.74 Å². The van der Waals surface area contributed by atoms with Crippen LogP contribution in [0, 0.1) is 10.7 Å². The molecule has 0 unspecified atom stereocenters. The Kier molecular flexibility index (Phi) is 7.84. The van der Waals surface area contributed by atoms with Gasteiger partial charge in [0.15, 0.2) is 22.5 Å². The molecule has 0 fully saturated rings. The molecule has 0 saturated heterocycles. The lowest BCUT2D eigenvalue weighted by atomic mass is 9.61. The highest BCUT2D eigenvalue weighted by Crippen LogP contribution is 2.56. The molecule has 6 rings (SSSR count). The van der Waals surface area contributed by atoms with E-state index in [-0.39, 0.29) is 16.9 Å². The maximum Gasteiger partial charge on any atom is 0.367 e. The van der Waals surface area contributed by atoms with Crippen LogP contribution in [0.15, 0.2) is 71.8 Å². The van der Waals surface area contributed by atoms with Crippen LogP contribution in [0.25, 0.3) is 0 Å². The summed E-state index contributed by atoms with van der Waals surface area (Å²) in [7, 11) is -6.09. The molecular weight excluding hydrogens is 875 g/mol. The van der Waals surface area contributed by atoms with Crippen molar-refractivity contribution in [2.75, 3.05) is 6.61 Å². The first-order valence-electron chi connectivity index (χ1n) is 11.1. The lowest BCUT2D eigenvalue weighted by Crippen LogP contribution is -2.38. The van der Waals surface area contributed by atoms with E-state index in [4.69, 9.17) is 9.47 Å². The standard InChI is InChI=1S/C26H15F2I3O7S/c27-26(28,39(34,35)36)11-37-24(32)21-19-13-5-1-3-7-15(13)20(16-8-4-2-6-14(16)19)22(21)25(33)38-23-17(30)9-12(29)10-18(23)31/h1-10,19-20H,11H2,(H,34,35,36)/p-1. The minimum absolute atomic E-state index is 0.0964. The summed E-state index contributed by atoms with van der Waals surface area (Å²) in [4.78, 5) is 27.3. The Morgan fingerprint density at radius 2 is 1.23 bits per heavy atom. The van der Waals surface area contributed by atoms with Gasteiger partial charge in [-0.2, -0.15) is 8.78 Å². The van der Waals surface area contributed by atoms with Crippen molar-refractivity contribution in [3.63, 3.8) is 0 Å². The van der Waals surface area contributed by atoms with E-state index in [0.717, 1.165) is 14.7 Å². The van der Waals surface area contributed by atoms with E-state index in [1.807, 2.05) is 57.3 Å². The molecule has 0 N–H and O–H groups in total. The van der Waals surface area contributed by atoms with Crippen LogP contribution in [0.3, 0.4) is 0 Å². The summed E-state index contributed by atoms with van der Waals surface area (Å²) in [5.41, 5.74) is 2.49. The smallest absolute Gasteiger partial charge is 0.367 e. The Hall–Kier alpha value is -1.70. The zero-order chi connectivity index (χ0) is 28.3. The Morgan fingerprint density at radius 3 is 1.64 bits per heavy atom. The third-order valence-corrected chi connectivity index (χ3v) is 9.51. The molecule has 13 heteroatoms. The van der Waals surface area contributed by atoms with Crippen molar-refractivity contribution in [2.45, 2.75) is 17.1 Å². The molecule has 0 radical (unpaired) electrons. The first-order chi connectivity index (χ1) is 18.3. The minimum atomic E-state index is -6.09. The summed E-state index contributed by atoms with van der Waals surface area (Å²) in [5.74, 6) is -3.59. The lowest BCUT2D eigenvalue weighted by Gasteiger charge is -2.41. The summed E-state index contributed by atoms with van der Waals surface area (Å²) in [6, 6.07) is 17.8. The zero-order valence-electron chi connectivity index (χ0n) is 19.3. The van der Waals surface area contributed by atoms with Crippen LogP contribution in [0.2, 0.25) is 0 Å². The average Bonchev–Trinajstić information content (AvgIpc) is 2.88. The van der Waals surface area contributed by atoms with Crippen molar-refractivity contribution in [3.8, 4) is 5.75 Å². The molecule has 202 valence electrons. The second-order valence-electron chi connectivity index (χ2n) is 8.71. The van der Waals surface area contributed by atoms with Crippen LogP contribution in [-0.4, -0.2) is 36.8 Å². The number of esters is 2. The number of ether oxygens (including phenoxy) is 2. The summed E-state index contributed by atoms with van der Waals surface area (Å²) >= 11 is 6.17. The van der Waals surface area contributed by atoms with Gasteiger partial charge in [-0.05, 0) is 102 Å². The van der Waals surface area contributed by atoms with Gasteiger partial charge in [-0.25, -0.2) is 18.0 Å². The molecule has 0 spiro atoms. The number of halogens is 5. The molecule has 2 bridgehead atoms. The van der Waals surface area contributed by atoms with Gasteiger partial charge in [-0.3, -0.25) is 0 Å². The van der Waals surface area contributed by atoms with Gasteiger partial charge in [0.25, 0.3) is 0 Å². The van der Waals surface area contributed by atoms with Crippen LogP contribution >= 0.6 is 67.8 Å². The number of hydrogen-bond acceptors (Lipinski definition) is 7. The van der Waals surface area contributed by atoms with Crippen molar-refractivity contribution >= 4 is 89.8 Å². The first kappa shape index (κ1) is 28.8. The largest absolute Gasteiger partial charge is 0.743 e. The molecule has 3 aliphatic carbocycles. The number of hydrogen-bond donors (Lipinski definition) is 0. The third-order valence-electron chi connectivity index (χ3n) is 6.44. The van der Waals surface area contributed by atoms with E-state index in [9.17, 15) is 31.3 Å². The van der Waals surface area contributed by atoms with E-state index < -0.39 is 45.8 Å². The predicted molar refractivity (Wildman–Crippen MR) is 159 cm³/mol. The molecule has 0 aromatic heterocycles. The predicted octanol–water partition coefficient (Wildman–Crippen LogP) is 5.67. The molecule has 0 saturated carbocycles. The SMILES string of the molecule is O=C(OCC(F)(F)S(=O)(=O)[O-])C1=C(C(=O)Oc2c(I)cc(I)cc2I)C2c3ccccc3C1c1ccccc12. The van der Waals surface area contributed by atoms with Crippen molar-refractivity contribution in [1.29, 1.82) is 0 Å². The number of benzene rings is 3. The van der Waals surface area contributed by atoms with Crippen molar-refractivity contribution < 1.29 is 40.8 Å². The van der Waals surface area contributed by atoms with E-state index in [2.05, 4.69) is 22.6 Å². The molecule has 3 aliphatic rings. The summed E-state index contributed by atoms with van der Waals surface area (Å²) in [5, 5.41) is -4.85. The lowest BCUT2D eigenvalue weighted by molar-refractivity contribution is -0.146. The maximum absolute atomic E-state index is 13.9. The minimum Gasteiger partial charge on any atom is -0.743 e. The fraction of sp³-hybridized carbons (Fsp3) is 0.154. The highest BCUT2D eigenvalue weighted by Gasteiger charge is 2.49. The molecule has 0 amide bonds. The quantitative estimate of drug-likeness (QED) is 0.136. The van der Waals surface area contributed by atoms with E-state index in [1.165, 1.54) is 0 Å². The number of carbonyl (C=O) groups excluding carboxylic acids is 2. The molecule has 0 atom stereocenters. The Morgan fingerprint density at radius 1 is 0.821 bits per heavy atom. The Labute approximate surface area is 262 Å². The number of alkyl halides is 2. The Balaban J connectivity index is 1.66. The van der Waals surface area contributed by atoms with Gasteiger partial charge in [0.05, 0.1) is 18.3 Å². The van der Waals surface area contributed by atoms with Crippen molar-refractivity contribution in [3.05, 3.63) is 105 Å². The van der Waals surface area contributed by atoms with E-state index in [0.29, 0.717) is 18.3 Å². The fourth-order valence-corrected chi connectivity index (χ4v) is 8.88. The normalized spacial score (nSPS) is 17.9. The highest BCUT2D eigenvalue weighted by atomic mass is 127. The number of carbonyl (C=O) groups is 2. The third kappa shape index (κ3) is 5.12. The zero-order valence-corrected chi connectivity index (χ0v) is 26.6. The molecule has 3 aromatic carbocycles.